The van der Waals surface area contributed by atoms with Crippen LogP contribution in [0.3, 0.4) is 0 Å². The summed E-state index contributed by atoms with van der Waals surface area (Å²) in [5.74, 6) is 0. The van der Waals surface area contributed by atoms with E-state index in [4.69, 9.17) is 25.9 Å². The zero-order valence-electron chi connectivity index (χ0n) is 6.42. The normalized spacial score (nSPS) is 9.67. The van der Waals surface area contributed by atoms with Gasteiger partial charge in [0, 0.05) is 0 Å². The summed E-state index contributed by atoms with van der Waals surface area (Å²) in [5.41, 5.74) is 0. The second kappa shape index (κ2) is 9.30. The maximum Gasteiger partial charge on any atom is 1.00 e. The van der Waals surface area contributed by atoms with Gasteiger partial charge in [-0.25, -0.2) is 27.1 Å². The van der Waals surface area contributed by atoms with E-state index in [-0.39, 0.29) is 59.1 Å². The van der Waals surface area contributed by atoms with E-state index in [1.54, 1.807) is 0 Å². The van der Waals surface area contributed by atoms with Gasteiger partial charge in [-0.3, -0.25) is 0 Å². The van der Waals surface area contributed by atoms with Crippen LogP contribution in [0.1, 0.15) is 0 Å². The van der Waals surface area contributed by atoms with Crippen LogP contribution in [0.15, 0.2) is 0 Å². The van der Waals surface area contributed by atoms with Gasteiger partial charge in [0.15, 0.2) is 20.6 Å². The Balaban J connectivity index is -0.0000000457. The van der Waals surface area contributed by atoms with E-state index in [0.717, 1.165) is 0 Å². The molecule has 0 aliphatic heterocycles. The fraction of sp³-hybridized carbons (Fsp3) is 0. The number of nitrogens with two attached hydrogens (primary N) is 2. The third kappa shape index (κ3) is 447. The summed E-state index contributed by atoms with van der Waals surface area (Å²) in [6, 6.07) is 0. The number of rotatable bonds is 0. The van der Waals surface area contributed by atoms with Gasteiger partial charge >= 0.3 is 59.1 Å². The van der Waals surface area contributed by atoms with Crippen molar-refractivity contribution < 1.29 is 85.1 Å². The van der Waals surface area contributed by atoms with Crippen molar-refractivity contribution in [2.75, 3.05) is 0 Å². The number of hydrogen-bond donors (Lipinski definition) is 2. The van der Waals surface area contributed by atoms with E-state index < -0.39 is 20.6 Å². The standard InChI is InChI=1S/2H3NO3S.2Na/c2*1-5(2,3)4;;/h2*(H3,1,2,3,4);;/q;;2*+1/p-2. The Hall–Kier alpha value is 1.74. The van der Waals surface area contributed by atoms with E-state index >= 15 is 0 Å². The van der Waals surface area contributed by atoms with E-state index in [1.165, 1.54) is 0 Å². The van der Waals surface area contributed by atoms with Gasteiger partial charge in [-0.15, -0.1) is 0 Å². The summed E-state index contributed by atoms with van der Waals surface area (Å²) in [6.45, 7) is 0. The molecule has 12 heteroatoms. The monoisotopic (exact) mass is 238 g/mol. The van der Waals surface area contributed by atoms with Gasteiger partial charge in [-0.05, 0) is 0 Å². The summed E-state index contributed by atoms with van der Waals surface area (Å²) < 4.78 is 53.1. The van der Waals surface area contributed by atoms with Crippen molar-refractivity contribution in [3.63, 3.8) is 0 Å². The molecule has 0 spiro atoms. The molecule has 0 atom stereocenters. The van der Waals surface area contributed by atoms with Crippen molar-refractivity contribution >= 4 is 20.6 Å². The van der Waals surface area contributed by atoms with E-state index in [9.17, 15) is 0 Å². The first kappa shape index (κ1) is 23.5. The SMILES string of the molecule is NS(=O)(=O)[O-].NS(=O)(=O)[O-].[Na+].[Na+]. The first-order valence-electron chi connectivity index (χ1n) is 1.47. The molecule has 0 rings (SSSR count). The van der Waals surface area contributed by atoms with Gasteiger partial charge < -0.3 is 9.11 Å². The van der Waals surface area contributed by atoms with Crippen LogP contribution in [0.2, 0.25) is 0 Å². The Kier molecular flexibility index (Phi) is 18.2. The molecule has 64 valence electrons. The maximum absolute atomic E-state index is 8.85. The molecule has 8 nitrogen and oxygen atoms in total. The molecule has 12 heavy (non-hydrogen) atoms. The molecule has 0 fully saturated rings. The van der Waals surface area contributed by atoms with Crippen LogP contribution in [-0.4, -0.2) is 25.9 Å². The Labute approximate surface area is 114 Å². The molecule has 0 aliphatic carbocycles. The maximum atomic E-state index is 8.85. The Bertz CT molecular complexity index is 218. The zero-order valence-corrected chi connectivity index (χ0v) is 12.1. The molecular formula is H4N2Na2O6S2. The minimum atomic E-state index is -4.42. The topological polar surface area (TPSA) is 166 Å². The Morgan fingerprint density at radius 2 is 0.750 bits per heavy atom. The van der Waals surface area contributed by atoms with Crippen molar-refractivity contribution in [3.05, 3.63) is 0 Å². The van der Waals surface area contributed by atoms with Gasteiger partial charge in [0.1, 0.15) is 0 Å². The van der Waals surface area contributed by atoms with Gasteiger partial charge in [0.2, 0.25) is 0 Å². The molecule has 0 aliphatic rings. The van der Waals surface area contributed by atoms with Crippen LogP contribution in [0.4, 0.5) is 0 Å². The van der Waals surface area contributed by atoms with Crippen molar-refractivity contribution in [1.82, 2.24) is 0 Å². The summed E-state index contributed by atoms with van der Waals surface area (Å²) in [5, 5.41) is 7.54. The second-order valence-electron chi connectivity index (χ2n) is 0.986. The predicted octanol–water partition coefficient (Wildman–Crippen LogP) is -9.18. The van der Waals surface area contributed by atoms with Crippen LogP contribution < -0.4 is 69.4 Å². The molecule has 0 aromatic rings. The van der Waals surface area contributed by atoms with Crippen LogP contribution in [0.5, 0.6) is 0 Å². The molecule has 0 radical (unpaired) electrons. The summed E-state index contributed by atoms with van der Waals surface area (Å²) in [7, 11) is -8.83. The molecule has 0 heterocycles. The van der Waals surface area contributed by atoms with Crippen LogP contribution in [-0.2, 0) is 20.6 Å². The average molecular weight is 238 g/mol. The van der Waals surface area contributed by atoms with E-state index in [0.29, 0.717) is 0 Å². The second-order valence-corrected chi connectivity index (χ2v) is 2.96. The van der Waals surface area contributed by atoms with Crippen LogP contribution in [0, 0.1) is 0 Å². The first-order valence-corrected chi connectivity index (χ1v) is 4.41. The molecule has 0 saturated carbocycles. The van der Waals surface area contributed by atoms with Gasteiger partial charge in [0.25, 0.3) is 0 Å². The smallest absolute Gasteiger partial charge is 0.736 e. The van der Waals surface area contributed by atoms with Crippen molar-refractivity contribution in [2.45, 2.75) is 0 Å². The Morgan fingerprint density at radius 3 is 0.750 bits per heavy atom. The van der Waals surface area contributed by atoms with Crippen molar-refractivity contribution in [2.24, 2.45) is 10.3 Å². The van der Waals surface area contributed by atoms with Crippen molar-refractivity contribution in [1.29, 1.82) is 0 Å². The fourth-order valence-corrected chi connectivity index (χ4v) is 0. The van der Waals surface area contributed by atoms with Gasteiger partial charge in [0.05, 0.1) is 0 Å². The van der Waals surface area contributed by atoms with Gasteiger partial charge in [-0.1, -0.05) is 0 Å². The van der Waals surface area contributed by atoms with Gasteiger partial charge in [-0.2, -0.15) is 0 Å². The quantitative estimate of drug-likeness (QED) is 0.314. The third-order valence-corrected chi connectivity index (χ3v) is 0. The predicted molar refractivity (Wildman–Crippen MR) is 27.8 cm³/mol. The number of hydrogen-bond acceptors (Lipinski definition) is 6. The summed E-state index contributed by atoms with van der Waals surface area (Å²) >= 11 is 0. The molecule has 0 amide bonds. The third-order valence-electron chi connectivity index (χ3n) is 0. The zero-order chi connectivity index (χ0) is 9.00. The Morgan fingerprint density at radius 1 is 0.750 bits per heavy atom. The molecule has 0 bridgehead atoms. The minimum absolute atomic E-state index is 0. The summed E-state index contributed by atoms with van der Waals surface area (Å²) in [6.07, 6.45) is 0. The molecule has 0 aromatic carbocycles. The van der Waals surface area contributed by atoms with Crippen LogP contribution >= 0.6 is 0 Å². The molecular weight excluding hydrogens is 234 g/mol. The molecule has 0 unspecified atom stereocenters. The average Bonchev–Trinajstić information content (AvgIpc) is 1.12. The largest absolute Gasteiger partial charge is 1.00 e. The summed E-state index contributed by atoms with van der Waals surface area (Å²) in [4.78, 5) is 0. The molecule has 4 N–H and O–H groups in total. The first-order chi connectivity index (χ1) is 4.00. The van der Waals surface area contributed by atoms with Crippen molar-refractivity contribution in [3.8, 4) is 0 Å². The molecule has 0 saturated heterocycles. The van der Waals surface area contributed by atoms with E-state index in [2.05, 4.69) is 10.3 Å². The molecule has 0 aromatic heterocycles. The van der Waals surface area contributed by atoms with E-state index in [1.807, 2.05) is 0 Å². The minimum Gasteiger partial charge on any atom is -0.736 e. The van der Waals surface area contributed by atoms with Crippen LogP contribution in [0.25, 0.3) is 0 Å². The fourth-order valence-electron chi connectivity index (χ4n) is 0.